The van der Waals surface area contributed by atoms with Crippen LogP contribution in [0.25, 0.3) is 5.00 Å². The van der Waals surface area contributed by atoms with Crippen molar-refractivity contribution in [3.63, 3.8) is 0 Å². The Bertz CT molecular complexity index is 1520. The molecule has 0 saturated heterocycles. The van der Waals surface area contributed by atoms with Gasteiger partial charge in [0, 0.05) is 41.6 Å². The molecule has 4 aromatic rings. The van der Waals surface area contributed by atoms with E-state index in [1.807, 2.05) is 16.2 Å². The molecule has 3 heterocycles. The first kappa shape index (κ1) is 25.2. The Morgan fingerprint density at radius 2 is 1.77 bits per heavy atom. The normalized spacial score (nSPS) is 16.1. The third-order valence-corrected chi connectivity index (χ3v) is 9.28. The summed E-state index contributed by atoms with van der Waals surface area (Å²) in [5.41, 5.74) is 6.64. The highest BCUT2D eigenvalue weighted by Crippen LogP contribution is 2.44. The summed E-state index contributed by atoms with van der Waals surface area (Å²) in [5, 5.41) is 13.5. The Morgan fingerprint density at radius 3 is 2.49 bits per heavy atom. The summed E-state index contributed by atoms with van der Waals surface area (Å²) in [5.74, 6) is -0.992. The van der Waals surface area contributed by atoms with Gasteiger partial charge in [0.25, 0.3) is 0 Å². The number of rotatable bonds is 5. The van der Waals surface area contributed by atoms with Gasteiger partial charge in [0.05, 0.1) is 23.8 Å². The number of nitrogens with zero attached hydrogens (tertiary/aromatic N) is 3. The Morgan fingerprint density at radius 1 is 1.03 bits per heavy atom. The van der Waals surface area contributed by atoms with E-state index in [1.165, 1.54) is 46.0 Å². The number of thiophene rings is 1. The van der Waals surface area contributed by atoms with Crippen LogP contribution in [-0.4, -0.2) is 40.2 Å². The molecule has 1 aliphatic carbocycles. The van der Waals surface area contributed by atoms with E-state index in [2.05, 4.69) is 71.4 Å². The van der Waals surface area contributed by atoms with Crippen LogP contribution >= 0.6 is 11.3 Å². The summed E-state index contributed by atoms with van der Waals surface area (Å²) < 4.78 is 2.28. The molecular weight excluding hydrogens is 508 g/mol. The molecule has 1 unspecified atom stereocenters. The fraction of sp³-hybridized carbons (Fsp3) is 0.290. The zero-order chi connectivity index (χ0) is 27.1. The lowest BCUT2D eigenvalue weighted by Crippen LogP contribution is -2.38. The molecule has 2 N–H and O–H groups in total. The first-order valence-electron chi connectivity index (χ1n) is 13.5. The molecule has 0 fully saturated rings. The fourth-order valence-corrected chi connectivity index (χ4v) is 7.13. The van der Waals surface area contributed by atoms with Crippen LogP contribution in [0.4, 0.5) is 16.2 Å². The number of carbonyl (C=O) groups is 2. The second-order valence-corrected chi connectivity index (χ2v) is 11.3. The molecule has 8 heteroatoms. The lowest BCUT2D eigenvalue weighted by Gasteiger charge is -2.32. The summed E-state index contributed by atoms with van der Waals surface area (Å²) in [4.78, 5) is 30.9. The molecule has 6 rings (SSSR count). The average Bonchev–Trinajstić information content (AvgIpc) is 3.55. The predicted octanol–water partition coefficient (Wildman–Crippen LogP) is 6.71. The van der Waals surface area contributed by atoms with Crippen molar-refractivity contribution in [2.45, 2.75) is 45.2 Å². The molecule has 0 bridgehead atoms. The monoisotopic (exact) mass is 540 g/mol. The predicted molar refractivity (Wildman–Crippen MR) is 155 cm³/mol. The van der Waals surface area contributed by atoms with Gasteiger partial charge in [-0.15, -0.1) is 11.3 Å². The van der Waals surface area contributed by atoms with Crippen molar-refractivity contribution in [3.05, 3.63) is 99.7 Å². The van der Waals surface area contributed by atoms with Crippen LogP contribution in [0, 0.1) is 0 Å². The zero-order valence-corrected chi connectivity index (χ0v) is 23.0. The number of hydrogen-bond donors (Lipinski definition) is 2. The highest BCUT2D eigenvalue weighted by Gasteiger charge is 2.36. The van der Waals surface area contributed by atoms with E-state index in [9.17, 15) is 14.7 Å². The number of carboxylic acid groups (broad SMARTS) is 1. The number of amides is 2. The Hall–Kier alpha value is -4.04. The van der Waals surface area contributed by atoms with Gasteiger partial charge >= 0.3 is 12.0 Å². The van der Waals surface area contributed by atoms with Crippen LogP contribution in [-0.2, 0) is 19.4 Å². The average molecular weight is 541 g/mol. The van der Waals surface area contributed by atoms with Crippen molar-refractivity contribution in [2.75, 3.05) is 23.8 Å². The molecule has 0 spiro atoms. The first-order valence-corrected chi connectivity index (χ1v) is 14.3. The first-order chi connectivity index (χ1) is 18.9. The largest absolute Gasteiger partial charge is 0.478 e. The molecule has 39 heavy (non-hydrogen) atoms. The highest BCUT2D eigenvalue weighted by molar-refractivity contribution is 7.15. The molecule has 2 amide bonds. The minimum atomic E-state index is -0.992. The van der Waals surface area contributed by atoms with Crippen LogP contribution in [0.1, 0.15) is 63.4 Å². The summed E-state index contributed by atoms with van der Waals surface area (Å²) in [6.45, 7) is 3.54. The summed E-state index contributed by atoms with van der Waals surface area (Å²) in [6, 6.07) is 18.5. The second-order valence-electron chi connectivity index (χ2n) is 10.2. The molecular formula is C31H32N4O3S. The van der Waals surface area contributed by atoms with Gasteiger partial charge in [-0.1, -0.05) is 12.1 Å². The second kappa shape index (κ2) is 10.3. The maximum absolute atomic E-state index is 14.1. The van der Waals surface area contributed by atoms with Gasteiger partial charge in [-0.05, 0) is 92.3 Å². The lowest BCUT2D eigenvalue weighted by molar-refractivity contribution is 0.0697. The Kier molecular flexibility index (Phi) is 6.64. The molecule has 0 radical (unpaired) electrons. The number of nitrogens with one attached hydrogen (secondary N) is 1. The Balaban J connectivity index is 1.44. The summed E-state index contributed by atoms with van der Waals surface area (Å²) >= 11 is 1.87. The number of anilines is 2. The van der Waals surface area contributed by atoms with E-state index < -0.39 is 5.97 Å². The van der Waals surface area contributed by atoms with E-state index in [-0.39, 0.29) is 17.6 Å². The van der Waals surface area contributed by atoms with E-state index in [0.29, 0.717) is 12.2 Å². The van der Waals surface area contributed by atoms with Gasteiger partial charge in [-0.3, -0.25) is 0 Å². The third kappa shape index (κ3) is 4.59. The fourth-order valence-electron chi connectivity index (χ4n) is 5.72. The van der Waals surface area contributed by atoms with Crippen molar-refractivity contribution in [2.24, 2.45) is 0 Å². The van der Waals surface area contributed by atoms with Gasteiger partial charge in [-0.2, -0.15) is 0 Å². The SMILES string of the molecule is CCN(C)c1ccc(C2c3cccn3-c3sc4c(c3CN2C(=O)Nc2ccc(C(=O)O)cc2)CCCC4)cc1. The smallest absolute Gasteiger partial charge is 0.335 e. The molecule has 1 aliphatic heterocycles. The quantitative estimate of drug-likeness (QED) is 0.295. The van der Waals surface area contributed by atoms with Gasteiger partial charge < -0.3 is 24.8 Å². The summed E-state index contributed by atoms with van der Waals surface area (Å²) in [7, 11) is 2.07. The van der Waals surface area contributed by atoms with Crippen LogP contribution in [0.5, 0.6) is 0 Å². The molecule has 2 aromatic carbocycles. The molecule has 0 saturated carbocycles. The van der Waals surface area contributed by atoms with Gasteiger partial charge in [0.15, 0.2) is 0 Å². The van der Waals surface area contributed by atoms with E-state index >= 15 is 0 Å². The standard InChI is InChI=1S/C31H32N4O3S/c1-3-33(2)23-16-12-20(13-17-23)28-26-8-6-18-34(26)29-25(24-7-4-5-9-27(24)39-29)19-35(28)31(38)32-22-14-10-21(11-15-22)30(36)37/h6,8,10-18,28H,3-5,7,9,19H2,1-2H3,(H,32,38)(H,36,37). The van der Waals surface area contributed by atoms with Gasteiger partial charge in [-0.25, -0.2) is 9.59 Å². The van der Waals surface area contributed by atoms with Crippen molar-refractivity contribution in [3.8, 4) is 5.00 Å². The number of carboxylic acids is 1. The van der Waals surface area contributed by atoms with Crippen LogP contribution in [0.3, 0.4) is 0 Å². The third-order valence-electron chi connectivity index (χ3n) is 7.95. The van der Waals surface area contributed by atoms with Crippen molar-refractivity contribution >= 4 is 34.7 Å². The molecule has 1 atom stereocenters. The van der Waals surface area contributed by atoms with Crippen LogP contribution < -0.4 is 10.2 Å². The van der Waals surface area contributed by atoms with Crippen LogP contribution in [0.2, 0.25) is 0 Å². The van der Waals surface area contributed by atoms with Gasteiger partial charge in [0.1, 0.15) is 5.00 Å². The van der Waals surface area contributed by atoms with Crippen molar-refractivity contribution in [1.82, 2.24) is 9.47 Å². The molecule has 7 nitrogen and oxygen atoms in total. The number of hydrogen-bond acceptors (Lipinski definition) is 4. The molecule has 200 valence electrons. The van der Waals surface area contributed by atoms with Crippen molar-refractivity contribution < 1.29 is 14.7 Å². The topological polar surface area (TPSA) is 77.8 Å². The van der Waals surface area contributed by atoms with Crippen LogP contribution in [0.15, 0.2) is 66.9 Å². The van der Waals surface area contributed by atoms with E-state index in [4.69, 9.17) is 0 Å². The van der Waals surface area contributed by atoms with E-state index in [1.54, 1.807) is 12.1 Å². The summed E-state index contributed by atoms with van der Waals surface area (Å²) in [6.07, 6.45) is 6.65. The maximum atomic E-state index is 14.1. The number of benzene rings is 2. The number of aromatic nitrogens is 1. The van der Waals surface area contributed by atoms with E-state index in [0.717, 1.165) is 36.3 Å². The number of carbonyl (C=O) groups excluding carboxylic acids is 1. The molecule has 2 aliphatic rings. The number of aromatic carboxylic acids is 1. The minimum absolute atomic E-state index is 0.185. The van der Waals surface area contributed by atoms with Crippen molar-refractivity contribution in [1.29, 1.82) is 0 Å². The highest BCUT2D eigenvalue weighted by atomic mass is 32.1. The maximum Gasteiger partial charge on any atom is 0.335 e. The number of fused-ring (bicyclic) bond motifs is 5. The number of aryl methyl sites for hydroxylation is 1. The van der Waals surface area contributed by atoms with Gasteiger partial charge in [0.2, 0.25) is 0 Å². The Labute approximate surface area is 232 Å². The number of urea groups is 1. The molecule has 2 aromatic heterocycles. The minimum Gasteiger partial charge on any atom is -0.478 e. The lowest BCUT2D eigenvalue weighted by atomic mass is 9.95. The zero-order valence-electron chi connectivity index (χ0n) is 22.2.